The first-order valence-electron chi connectivity index (χ1n) is 5.71. The van der Waals surface area contributed by atoms with Gasteiger partial charge in [0, 0.05) is 9.35 Å². The van der Waals surface area contributed by atoms with E-state index in [0.717, 1.165) is 10.4 Å². The Labute approximate surface area is 134 Å². The molecule has 1 N–H and O–H groups in total. The molecule has 0 radical (unpaired) electrons. The standard InChI is InChI=1S/C14H10BrClN2OS/c1-7-8(2)20-14(10(7)6-17)18-13(19)9-4-3-5-11(15)12(9)16/h3-5H,1-2H3,(H,18,19). The van der Waals surface area contributed by atoms with Gasteiger partial charge >= 0.3 is 0 Å². The number of anilines is 1. The molecule has 1 aromatic carbocycles. The summed E-state index contributed by atoms with van der Waals surface area (Å²) in [6.45, 7) is 3.79. The molecule has 0 saturated carbocycles. The average molecular weight is 370 g/mol. The summed E-state index contributed by atoms with van der Waals surface area (Å²) in [6.07, 6.45) is 0. The van der Waals surface area contributed by atoms with Crippen LogP contribution in [0.4, 0.5) is 5.00 Å². The maximum atomic E-state index is 12.3. The van der Waals surface area contributed by atoms with Crippen LogP contribution in [0.25, 0.3) is 0 Å². The topological polar surface area (TPSA) is 52.9 Å². The van der Waals surface area contributed by atoms with Crippen molar-refractivity contribution in [3.05, 3.63) is 49.3 Å². The molecule has 3 nitrogen and oxygen atoms in total. The van der Waals surface area contributed by atoms with Gasteiger partial charge in [-0.15, -0.1) is 11.3 Å². The van der Waals surface area contributed by atoms with Gasteiger partial charge in [0.25, 0.3) is 5.91 Å². The molecule has 0 unspecified atom stereocenters. The fourth-order valence-electron chi connectivity index (χ4n) is 1.70. The Balaban J connectivity index is 2.36. The third kappa shape index (κ3) is 2.73. The second kappa shape index (κ2) is 5.96. The Bertz CT molecular complexity index is 734. The minimum Gasteiger partial charge on any atom is -0.312 e. The van der Waals surface area contributed by atoms with Gasteiger partial charge in [-0.2, -0.15) is 5.26 Å². The van der Waals surface area contributed by atoms with Crippen molar-refractivity contribution in [2.45, 2.75) is 13.8 Å². The molecule has 0 atom stereocenters. The number of hydrogen-bond acceptors (Lipinski definition) is 3. The second-order valence-corrected chi connectivity index (χ2v) is 6.61. The van der Waals surface area contributed by atoms with E-state index in [2.05, 4.69) is 27.3 Å². The first kappa shape index (κ1) is 15.0. The number of nitriles is 1. The molecule has 0 aliphatic rings. The van der Waals surface area contributed by atoms with Gasteiger partial charge in [-0.25, -0.2) is 0 Å². The van der Waals surface area contributed by atoms with E-state index in [1.807, 2.05) is 13.8 Å². The van der Waals surface area contributed by atoms with Crippen LogP contribution in [0.3, 0.4) is 0 Å². The summed E-state index contributed by atoms with van der Waals surface area (Å²) in [5.74, 6) is -0.325. The molecule has 1 aromatic heterocycles. The lowest BCUT2D eigenvalue weighted by atomic mass is 10.1. The van der Waals surface area contributed by atoms with E-state index in [1.54, 1.807) is 18.2 Å². The zero-order valence-electron chi connectivity index (χ0n) is 10.8. The van der Waals surface area contributed by atoms with E-state index in [1.165, 1.54) is 11.3 Å². The number of benzene rings is 1. The molecule has 0 bridgehead atoms. The van der Waals surface area contributed by atoms with Crippen molar-refractivity contribution < 1.29 is 4.79 Å². The van der Waals surface area contributed by atoms with Crippen molar-refractivity contribution in [3.63, 3.8) is 0 Å². The molecule has 0 spiro atoms. The molecular weight excluding hydrogens is 360 g/mol. The molecule has 0 aliphatic heterocycles. The number of amides is 1. The van der Waals surface area contributed by atoms with Crippen LogP contribution in [0.1, 0.15) is 26.4 Å². The van der Waals surface area contributed by atoms with E-state index in [-0.39, 0.29) is 5.91 Å². The highest BCUT2D eigenvalue weighted by Crippen LogP contribution is 2.33. The van der Waals surface area contributed by atoms with Gasteiger partial charge in [0.15, 0.2) is 0 Å². The first-order valence-corrected chi connectivity index (χ1v) is 7.70. The minimum absolute atomic E-state index is 0.325. The smallest absolute Gasteiger partial charge is 0.257 e. The van der Waals surface area contributed by atoms with Crippen molar-refractivity contribution in [1.82, 2.24) is 0 Å². The maximum Gasteiger partial charge on any atom is 0.257 e. The molecule has 6 heteroatoms. The van der Waals surface area contributed by atoms with Gasteiger partial charge in [-0.05, 0) is 47.5 Å². The Hall–Kier alpha value is -1.35. The number of nitrogens with one attached hydrogen (secondary N) is 1. The first-order chi connectivity index (χ1) is 9.45. The number of carbonyl (C=O) groups is 1. The van der Waals surface area contributed by atoms with Crippen LogP contribution in [0.5, 0.6) is 0 Å². The lowest BCUT2D eigenvalue weighted by molar-refractivity contribution is 0.102. The summed E-state index contributed by atoms with van der Waals surface area (Å²) < 4.78 is 0.658. The fourth-order valence-corrected chi connectivity index (χ4v) is 3.28. The van der Waals surface area contributed by atoms with E-state index in [0.29, 0.717) is 25.6 Å². The van der Waals surface area contributed by atoms with Gasteiger partial charge < -0.3 is 5.32 Å². The van der Waals surface area contributed by atoms with Crippen molar-refractivity contribution in [3.8, 4) is 6.07 Å². The fraction of sp³-hybridized carbons (Fsp3) is 0.143. The molecule has 1 amide bonds. The average Bonchev–Trinajstić information content (AvgIpc) is 2.67. The number of hydrogen-bond donors (Lipinski definition) is 1. The lowest BCUT2D eigenvalue weighted by Gasteiger charge is -2.06. The highest BCUT2D eigenvalue weighted by Gasteiger charge is 2.17. The van der Waals surface area contributed by atoms with Crippen LogP contribution in [0.2, 0.25) is 5.02 Å². The summed E-state index contributed by atoms with van der Waals surface area (Å²) in [6, 6.07) is 7.26. The molecule has 102 valence electrons. The molecule has 0 aliphatic carbocycles. The summed E-state index contributed by atoms with van der Waals surface area (Å²) in [7, 11) is 0. The monoisotopic (exact) mass is 368 g/mol. The minimum atomic E-state index is -0.325. The number of carbonyl (C=O) groups excluding carboxylic acids is 1. The van der Waals surface area contributed by atoms with E-state index in [9.17, 15) is 4.79 Å². The zero-order chi connectivity index (χ0) is 14.9. The van der Waals surface area contributed by atoms with Gasteiger partial charge in [-0.3, -0.25) is 4.79 Å². The zero-order valence-corrected chi connectivity index (χ0v) is 13.9. The van der Waals surface area contributed by atoms with Gasteiger partial charge in [0.2, 0.25) is 0 Å². The lowest BCUT2D eigenvalue weighted by Crippen LogP contribution is -2.12. The number of aryl methyl sites for hydroxylation is 1. The van der Waals surface area contributed by atoms with Crippen LogP contribution >= 0.6 is 38.9 Å². The predicted molar refractivity (Wildman–Crippen MR) is 85.6 cm³/mol. The summed E-state index contributed by atoms with van der Waals surface area (Å²) in [5, 5.41) is 12.8. The summed E-state index contributed by atoms with van der Waals surface area (Å²) in [4.78, 5) is 13.3. The van der Waals surface area contributed by atoms with E-state index in [4.69, 9.17) is 16.9 Å². The Morgan fingerprint density at radius 3 is 2.80 bits per heavy atom. The highest BCUT2D eigenvalue weighted by molar-refractivity contribution is 9.10. The van der Waals surface area contributed by atoms with Gasteiger partial charge in [0.05, 0.1) is 16.1 Å². The number of rotatable bonds is 2. The van der Waals surface area contributed by atoms with Crippen LogP contribution in [0, 0.1) is 25.2 Å². The maximum absolute atomic E-state index is 12.3. The quantitative estimate of drug-likeness (QED) is 0.818. The highest BCUT2D eigenvalue weighted by atomic mass is 79.9. The molecule has 2 aromatic rings. The van der Waals surface area contributed by atoms with Crippen molar-refractivity contribution in [1.29, 1.82) is 5.26 Å². The molecule has 1 heterocycles. The van der Waals surface area contributed by atoms with Crippen molar-refractivity contribution in [2.75, 3.05) is 5.32 Å². The summed E-state index contributed by atoms with van der Waals surface area (Å²) in [5.41, 5.74) is 1.77. The summed E-state index contributed by atoms with van der Waals surface area (Å²) >= 11 is 10.8. The molecule has 0 saturated heterocycles. The molecule has 20 heavy (non-hydrogen) atoms. The Kier molecular flexibility index (Phi) is 4.48. The van der Waals surface area contributed by atoms with Gasteiger partial charge in [0.1, 0.15) is 11.1 Å². The van der Waals surface area contributed by atoms with Crippen molar-refractivity contribution in [2.24, 2.45) is 0 Å². The van der Waals surface area contributed by atoms with Crippen LogP contribution in [0.15, 0.2) is 22.7 Å². The number of halogens is 2. The van der Waals surface area contributed by atoms with E-state index >= 15 is 0 Å². The Morgan fingerprint density at radius 1 is 1.45 bits per heavy atom. The number of thiophene rings is 1. The van der Waals surface area contributed by atoms with E-state index < -0.39 is 0 Å². The second-order valence-electron chi connectivity index (χ2n) is 4.15. The van der Waals surface area contributed by atoms with Gasteiger partial charge in [-0.1, -0.05) is 17.7 Å². The Morgan fingerprint density at radius 2 is 2.15 bits per heavy atom. The molecular formula is C14H10BrClN2OS. The molecule has 2 rings (SSSR count). The van der Waals surface area contributed by atoms with Crippen LogP contribution in [-0.4, -0.2) is 5.91 Å². The van der Waals surface area contributed by atoms with Crippen molar-refractivity contribution >= 4 is 49.8 Å². The number of nitrogens with zero attached hydrogens (tertiary/aromatic N) is 1. The normalized spacial score (nSPS) is 10.2. The SMILES string of the molecule is Cc1sc(NC(=O)c2cccc(Br)c2Cl)c(C#N)c1C. The predicted octanol–water partition coefficient (Wildman–Crippen LogP) is 4.90. The van der Waals surface area contributed by atoms with Crippen LogP contribution in [-0.2, 0) is 0 Å². The largest absolute Gasteiger partial charge is 0.312 e. The van der Waals surface area contributed by atoms with Crippen LogP contribution < -0.4 is 5.32 Å². The molecule has 0 fully saturated rings. The third-order valence-corrected chi connectivity index (χ3v) is 5.34. The third-order valence-electron chi connectivity index (χ3n) is 2.92.